The Balaban J connectivity index is 1.57. The third-order valence-corrected chi connectivity index (χ3v) is 3.99. The Kier molecular flexibility index (Phi) is 5.08. The molecule has 2 amide bonds. The molecule has 8 heteroatoms. The van der Waals surface area contributed by atoms with Crippen LogP contribution in [0.4, 0.5) is 5.69 Å². The lowest BCUT2D eigenvalue weighted by atomic mass is 10.1. The van der Waals surface area contributed by atoms with Crippen molar-refractivity contribution in [2.24, 2.45) is 0 Å². The van der Waals surface area contributed by atoms with Crippen molar-refractivity contribution >= 4 is 17.5 Å². The van der Waals surface area contributed by atoms with Crippen molar-refractivity contribution in [1.82, 2.24) is 15.0 Å². The first-order valence-corrected chi connectivity index (χ1v) is 8.01. The summed E-state index contributed by atoms with van der Waals surface area (Å²) in [6.45, 7) is 0.767. The third kappa shape index (κ3) is 4.21. The van der Waals surface area contributed by atoms with Crippen LogP contribution in [0, 0.1) is 0 Å². The van der Waals surface area contributed by atoms with Crippen LogP contribution in [0.3, 0.4) is 0 Å². The summed E-state index contributed by atoms with van der Waals surface area (Å²) in [7, 11) is 3.30. The largest absolute Gasteiger partial charge is 0.384 e. The molecule has 1 aromatic carbocycles. The van der Waals surface area contributed by atoms with E-state index in [1.165, 1.54) is 0 Å². The van der Waals surface area contributed by atoms with E-state index >= 15 is 0 Å². The number of anilines is 1. The lowest BCUT2D eigenvalue weighted by Gasteiger charge is -2.15. The number of likely N-dealkylation sites (N-methyl/N-ethyl adjacent to an activating group) is 1. The minimum absolute atomic E-state index is 0.0173. The van der Waals surface area contributed by atoms with Gasteiger partial charge in [0.2, 0.25) is 17.7 Å². The van der Waals surface area contributed by atoms with E-state index in [2.05, 4.69) is 15.5 Å². The predicted molar refractivity (Wildman–Crippen MR) is 88.8 cm³/mol. The summed E-state index contributed by atoms with van der Waals surface area (Å²) in [5.74, 6) is 0.868. The molecule has 0 fully saturated rings. The van der Waals surface area contributed by atoms with E-state index in [9.17, 15) is 9.59 Å². The van der Waals surface area contributed by atoms with Gasteiger partial charge in [-0.15, -0.1) is 0 Å². The van der Waals surface area contributed by atoms with E-state index < -0.39 is 0 Å². The molecule has 0 radical (unpaired) electrons. The summed E-state index contributed by atoms with van der Waals surface area (Å²) < 4.78 is 10.1. The van der Waals surface area contributed by atoms with Gasteiger partial charge in [0, 0.05) is 26.3 Å². The fourth-order valence-electron chi connectivity index (χ4n) is 2.62. The molecule has 1 aliphatic heterocycles. The molecular formula is C17H20N4O4. The van der Waals surface area contributed by atoms with E-state index in [4.69, 9.17) is 9.26 Å². The van der Waals surface area contributed by atoms with Crippen LogP contribution in [-0.4, -0.2) is 47.6 Å². The molecule has 1 N–H and O–H groups in total. The van der Waals surface area contributed by atoms with Crippen LogP contribution in [0.25, 0.3) is 0 Å². The first kappa shape index (κ1) is 17.1. The quantitative estimate of drug-likeness (QED) is 0.803. The van der Waals surface area contributed by atoms with Crippen LogP contribution < -0.4 is 5.32 Å². The Morgan fingerprint density at radius 2 is 2.28 bits per heavy atom. The van der Waals surface area contributed by atoms with Gasteiger partial charge in [0.05, 0.1) is 26.0 Å². The number of rotatable bonds is 7. The van der Waals surface area contributed by atoms with Gasteiger partial charge in [-0.05, 0) is 17.2 Å². The summed E-state index contributed by atoms with van der Waals surface area (Å²) in [6, 6.07) is 5.61. The van der Waals surface area contributed by atoms with E-state index in [1.54, 1.807) is 19.1 Å². The Morgan fingerprint density at radius 1 is 1.44 bits per heavy atom. The highest BCUT2D eigenvalue weighted by atomic mass is 16.5. The average Bonchev–Trinajstić information content (AvgIpc) is 3.17. The molecule has 2 aromatic rings. The molecule has 2 heterocycles. The van der Waals surface area contributed by atoms with Gasteiger partial charge < -0.3 is 19.5 Å². The van der Waals surface area contributed by atoms with Gasteiger partial charge in [-0.25, -0.2) is 0 Å². The van der Waals surface area contributed by atoms with Crippen molar-refractivity contribution in [1.29, 1.82) is 0 Å². The fourth-order valence-corrected chi connectivity index (χ4v) is 2.62. The van der Waals surface area contributed by atoms with Crippen molar-refractivity contribution in [3.8, 4) is 0 Å². The molecule has 0 aliphatic carbocycles. The third-order valence-electron chi connectivity index (χ3n) is 3.99. The van der Waals surface area contributed by atoms with Crippen LogP contribution in [0.1, 0.15) is 22.8 Å². The summed E-state index contributed by atoms with van der Waals surface area (Å²) in [5, 5.41) is 6.64. The minimum atomic E-state index is -0.0686. The highest BCUT2D eigenvalue weighted by Crippen LogP contribution is 2.24. The van der Waals surface area contributed by atoms with Gasteiger partial charge >= 0.3 is 0 Å². The first-order chi connectivity index (χ1) is 12.0. The number of carbonyl (C=O) groups is 2. The van der Waals surface area contributed by atoms with E-state index in [0.717, 1.165) is 16.8 Å². The zero-order chi connectivity index (χ0) is 17.8. The number of hydrogen-bond acceptors (Lipinski definition) is 6. The molecule has 0 unspecified atom stereocenters. The Bertz CT molecular complexity index is 787. The Hall–Kier alpha value is -2.74. The van der Waals surface area contributed by atoms with Gasteiger partial charge in [-0.3, -0.25) is 9.59 Å². The maximum Gasteiger partial charge on any atom is 0.246 e. The summed E-state index contributed by atoms with van der Waals surface area (Å²) in [6.07, 6.45) is 1.20. The Labute approximate surface area is 145 Å². The molecule has 25 heavy (non-hydrogen) atoms. The smallest absolute Gasteiger partial charge is 0.246 e. The topological polar surface area (TPSA) is 97.6 Å². The van der Waals surface area contributed by atoms with E-state index in [-0.39, 0.29) is 24.8 Å². The molecule has 1 aromatic heterocycles. The maximum absolute atomic E-state index is 12.4. The predicted octanol–water partition coefficient (Wildman–Crippen LogP) is 0.954. The van der Waals surface area contributed by atoms with Crippen LogP contribution >= 0.6 is 0 Å². The molecular weight excluding hydrogens is 324 g/mol. The zero-order valence-corrected chi connectivity index (χ0v) is 14.2. The second-order valence-corrected chi connectivity index (χ2v) is 5.99. The van der Waals surface area contributed by atoms with Crippen LogP contribution in [0.2, 0.25) is 0 Å². The second-order valence-electron chi connectivity index (χ2n) is 5.99. The molecule has 1 aliphatic rings. The number of ether oxygens (including phenoxy) is 1. The monoisotopic (exact) mass is 344 g/mol. The van der Waals surface area contributed by atoms with E-state index in [0.29, 0.717) is 31.2 Å². The second kappa shape index (κ2) is 7.43. The summed E-state index contributed by atoms with van der Waals surface area (Å²) in [4.78, 5) is 29.6. The maximum atomic E-state index is 12.4. The van der Waals surface area contributed by atoms with Gasteiger partial charge in [0.1, 0.15) is 0 Å². The molecule has 0 saturated heterocycles. The SMILES string of the molecule is COCCc1noc(CN(C)C(=O)Cc2ccc3c(c2)NC(=O)C3)n1. The molecule has 0 bridgehead atoms. The van der Waals surface area contributed by atoms with Gasteiger partial charge in [0.25, 0.3) is 0 Å². The minimum Gasteiger partial charge on any atom is -0.384 e. The van der Waals surface area contributed by atoms with E-state index in [1.807, 2.05) is 18.2 Å². The number of benzene rings is 1. The number of carbonyl (C=O) groups excluding carboxylic acids is 2. The van der Waals surface area contributed by atoms with Crippen LogP contribution in [0.15, 0.2) is 22.7 Å². The van der Waals surface area contributed by atoms with Crippen LogP contribution in [-0.2, 0) is 40.1 Å². The zero-order valence-electron chi connectivity index (χ0n) is 14.2. The van der Waals surface area contributed by atoms with Crippen molar-refractivity contribution < 1.29 is 18.8 Å². The fraction of sp³-hybridized carbons (Fsp3) is 0.412. The molecule has 0 saturated carbocycles. The summed E-state index contributed by atoms with van der Waals surface area (Å²) >= 11 is 0. The summed E-state index contributed by atoms with van der Waals surface area (Å²) in [5.41, 5.74) is 2.60. The normalized spacial score (nSPS) is 12.8. The molecule has 132 valence electrons. The number of fused-ring (bicyclic) bond motifs is 1. The van der Waals surface area contributed by atoms with Crippen LogP contribution in [0.5, 0.6) is 0 Å². The van der Waals surface area contributed by atoms with Crippen molar-refractivity contribution in [3.05, 3.63) is 41.0 Å². The van der Waals surface area contributed by atoms with Crippen molar-refractivity contribution in [2.45, 2.75) is 25.8 Å². The lowest BCUT2D eigenvalue weighted by molar-refractivity contribution is -0.130. The number of amides is 2. The first-order valence-electron chi connectivity index (χ1n) is 8.01. The molecule has 0 spiro atoms. The number of methoxy groups -OCH3 is 1. The molecule has 0 atom stereocenters. The standard InChI is InChI=1S/C17H20N4O4/c1-21(10-16-19-14(20-25-16)5-6-24-2)17(23)8-11-3-4-12-9-15(22)18-13(12)7-11/h3-4,7H,5-6,8-10H2,1-2H3,(H,18,22). The molecule has 8 nitrogen and oxygen atoms in total. The van der Waals surface area contributed by atoms with Gasteiger partial charge in [-0.1, -0.05) is 17.3 Å². The molecule has 3 rings (SSSR count). The average molecular weight is 344 g/mol. The van der Waals surface area contributed by atoms with Crippen molar-refractivity contribution in [2.75, 3.05) is 26.1 Å². The number of nitrogens with zero attached hydrogens (tertiary/aromatic N) is 3. The highest BCUT2D eigenvalue weighted by molar-refractivity contribution is 5.99. The van der Waals surface area contributed by atoms with Crippen molar-refractivity contribution in [3.63, 3.8) is 0 Å². The number of hydrogen-bond donors (Lipinski definition) is 1. The number of nitrogens with one attached hydrogen (secondary N) is 1. The lowest BCUT2D eigenvalue weighted by Crippen LogP contribution is -2.27. The number of aromatic nitrogens is 2. The van der Waals surface area contributed by atoms with Gasteiger partial charge in [-0.2, -0.15) is 4.98 Å². The highest BCUT2D eigenvalue weighted by Gasteiger charge is 2.19. The Morgan fingerprint density at radius 3 is 3.08 bits per heavy atom. The van der Waals surface area contributed by atoms with Gasteiger partial charge in [0.15, 0.2) is 5.82 Å².